The summed E-state index contributed by atoms with van der Waals surface area (Å²) in [4.78, 5) is 0. The lowest BCUT2D eigenvalue weighted by Crippen LogP contribution is -2.56. The first-order valence-corrected chi connectivity index (χ1v) is 7.27. The van der Waals surface area contributed by atoms with Crippen LogP contribution < -0.4 is 11.3 Å². The summed E-state index contributed by atoms with van der Waals surface area (Å²) in [5, 5.41) is 0. The van der Waals surface area contributed by atoms with Crippen LogP contribution in [0.4, 0.5) is 0 Å². The molecule has 0 heterocycles. The van der Waals surface area contributed by atoms with Crippen molar-refractivity contribution in [1.29, 1.82) is 0 Å². The van der Waals surface area contributed by atoms with Gasteiger partial charge in [0.25, 0.3) is 0 Å². The van der Waals surface area contributed by atoms with Crippen molar-refractivity contribution < 1.29 is 4.74 Å². The molecular formula is C16H26N2O. The predicted octanol–water partition coefficient (Wildman–Crippen LogP) is 2.72. The Balaban J connectivity index is 2.14. The SMILES string of the molecule is COC1(C(Cc2cccc(C)c2)NN)CCCCC1. The van der Waals surface area contributed by atoms with Crippen LogP contribution >= 0.6 is 0 Å². The van der Waals surface area contributed by atoms with Gasteiger partial charge < -0.3 is 4.74 Å². The van der Waals surface area contributed by atoms with Crippen LogP contribution in [0.3, 0.4) is 0 Å². The van der Waals surface area contributed by atoms with Crippen LogP contribution in [0, 0.1) is 6.92 Å². The van der Waals surface area contributed by atoms with Gasteiger partial charge in [-0.3, -0.25) is 11.3 Å². The van der Waals surface area contributed by atoms with Gasteiger partial charge in [-0.25, -0.2) is 0 Å². The highest BCUT2D eigenvalue weighted by atomic mass is 16.5. The highest BCUT2D eigenvalue weighted by Crippen LogP contribution is 2.35. The van der Waals surface area contributed by atoms with Crippen molar-refractivity contribution in [2.45, 2.75) is 57.1 Å². The second kappa shape index (κ2) is 6.51. The second-order valence-corrected chi connectivity index (χ2v) is 5.74. The van der Waals surface area contributed by atoms with Gasteiger partial charge in [0.15, 0.2) is 0 Å². The van der Waals surface area contributed by atoms with E-state index in [0.29, 0.717) is 0 Å². The maximum absolute atomic E-state index is 5.89. The first-order chi connectivity index (χ1) is 9.20. The fourth-order valence-electron chi connectivity index (χ4n) is 3.32. The number of nitrogens with two attached hydrogens (primary N) is 1. The van der Waals surface area contributed by atoms with Crippen molar-refractivity contribution in [3.8, 4) is 0 Å². The number of benzene rings is 1. The van der Waals surface area contributed by atoms with E-state index in [-0.39, 0.29) is 11.6 Å². The molecule has 1 aromatic rings. The number of hydrazine groups is 1. The van der Waals surface area contributed by atoms with E-state index >= 15 is 0 Å². The number of nitrogens with one attached hydrogen (secondary N) is 1. The molecule has 3 N–H and O–H groups in total. The van der Waals surface area contributed by atoms with E-state index in [4.69, 9.17) is 10.6 Å². The molecule has 3 nitrogen and oxygen atoms in total. The van der Waals surface area contributed by atoms with Crippen molar-refractivity contribution in [3.63, 3.8) is 0 Å². The molecule has 106 valence electrons. The highest BCUT2D eigenvalue weighted by molar-refractivity contribution is 5.23. The first kappa shape index (κ1) is 14.5. The van der Waals surface area contributed by atoms with Gasteiger partial charge in [0.2, 0.25) is 0 Å². The minimum absolute atomic E-state index is 0.100. The molecule has 0 saturated heterocycles. The van der Waals surface area contributed by atoms with Gasteiger partial charge in [-0.1, -0.05) is 49.1 Å². The molecule has 3 heteroatoms. The van der Waals surface area contributed by atoms with Crippen molar-refractivity contribution in [2.75, 3.05) is 7.11 Å². The molecule has 0 radical (unpaired) electrons. The molecular weight excluding hydrogens is 236 g/mol. The molecule has 0 spiro atoms. The molecule has 1 aromatic carbocycles. The van der Waals surface area contributed by atoms with Crippen molar-refractivity contribution in [1.82, 2.24) is 5.43 Å². The lowest BCUT2D eigenvalue weighted by atomic mass is 9.77. The molecule has 1 aliphatic carbocycles. The van der Waals surface area contributed by atoms with Crippen LogP contribution in [0.15, 0.2) is 24.3 Å². The summed E-state index contributed by atoms with van der Waals surface area (Å²) in [7, 11) is 1.83. The molecule has 1 fully saturated rings. The van der Waals surface area contributed by atoms with Crippen molar-refractivity contribution >= 4 is 0 Å². The first-order valence-electron chi connectivity index (χ1n) is 7.27. The molecule has 1 atom stereocenters. The quantitative estimate of drug-likeness (QED) is 0.633. The maximum Gasteiger partial charge on any atom is 0.0847 e. The summed E-state index contributed by atoms with van der Waals surface area (Å²) in [6.45, 7) is 2.13. The monoisotopic (exact) mass is 262 g/mol. The number of aryl methyl sites for hydroxylation is 1. The molecule has 0 bridgehead atoms. The highest BCUT2D eigenvalue weighted by Gasteiger charge is 2.39. The minimum atomic E-state index is -0.100. The molecule has 1 aliphatic rings. The van der Waals surface area contributed by atoms with Gasteiger partial charge in [-0.05, 0) is 31.7 Å². The molecule has 1 saturated carbocycles. The van der Waals surface area contributed by atoms with E-state index in [1.807, 2.05) is 7.11 Å². The molecule has 0 aliphatic heterocycles. The second-order valence-electron chi connectivity index (χ2n) is 5.74. The summed E-state index contributed by atoms with van der Waals surface area (Å²) in [6.07, 6.45) is 6.91. The molecule has 0 amide bonds. The average molecular weight is 262 g/mol. The van der Waals surface area contributed by atoms with Crippen LogP contribution in [0.2, 0.25) is 0 Å². The fourth-order valence-corrected chi connectivity index (χ4v) is 3.32. The average Bonchev–Trinajstić information content (AvgIpc) is 2.45. The predicted molar refractivity (Wildman–Crippen MR) is 78.8 cm³/mol. The Hall–Kier alpha value is -0.900. The lowest BCUT2D eigenvalue weighted by Gasteiger charge is -2.42. The topological polar surface area (TPSA) is 47.3 Å². The van der Waals surface area contributed by atoms with E-state index < -0.39 is 0 Å². The van der Waals surface area contributed by atoms with E-state index in [0.717, 1.165) is 19.3 Å². The van der Waals surface area contributed by atoms with Gasteiger partial charge in [-0.2, -0.15) is 0 Å². The Labute approximate surface area is 116 Å². The Bertz CT molecular complexity index is 399. The van der Waals surface area contributed by atoms with E-state index in [9.17, 15) is 0 Å². The smallest absolute Gasteiger partial charge is 0.0847 e. The van der Waals surface area contributed by atoms with Crippen LogP contribution in [-0.4, -0.2) is 18.8 Å². The Morgan fingerprint density at radius 3 is 2.63 bits per heavy atom. The Morgan fingerprint density at radius 1 is 1.32 bits per heavy atom. The third kappa shape index (κ3) is 3.35. The third-order valence-electron chi connectivity index (χ3n) is 4.46. The van der Waals surface area contributed by atoms with Crippen LogP contribution in [0.1, 0.15) is 43.2 Å². The minimum Gasteiger partial charge on any atom is -0.377 e. The van der Waals surface area contributed by atoms with Crippen molar-refractivity contribution in [3.05, 3.63) is 35.4 Å². The molecule has 1 unspecified atom stereocenters. The van der Waals surface area contributed by atoms with Gasteiger partial charge in [0.05, 0.1) is 11.6 Å². The summed E-state index contributed by atoms with van der Waals surface area (Å²) in [5.41, 5.74) is 5.52. The summed E-state index contributed by atoms with van der Waals surface area (Å²) in [5.74, 6) is 5.82. The summed E-state index contributed by atoms with van der Waals surface area (Å²) in [6, 6.07) is 8.82. The van der Waals surface area contributed by atoms with Crippen LogP contribution in [0.25, 0.3) is 0 Å². The number of ether oxygens (including phenoxy) is 1. The number of hydrogen-bond acceptors (Lipinski definition) is 3. The Kier molecular flexibility index (Phi) is 4.97. The zero-order valence-electron chi connectivity index (χ0n) is 12.1. The maximum atomic E-state index is 5.89. The van der Waals surface area contributed by atoms with E-state index in [1.54, 1.807) is 0 Å². The van der Waals surface area contributed by atoms with Gasteiger partial charge >= 0.3 is 0 Å². The number of hydrogen-bond donors (Lipinski definition) is 2. The third-order valence-corrected chi connectivity index (χ3v) is 4.46. The van der Waals surface area contributed by atoms with Gasteiger partial charge in [0, 0.05) is 7.11 Å². The van der Waals surface area contributed by atoms with Crippen LogP contribution in [0.5, 0.6) is 0 Å². The van der Waals surface area contributed by atoms with E-state index in [1.165, 1.54) is 30.4 Å². The largest absolute Gasteiger partial charge is 0.377 e. The summed E-state index contributed by atoms with van der Waals surface area (Å²) < 4.78 is 5.89. The Morgan fingerprint density at radius 2 is 2.05 bits per heavy atom. The molecule has 19 heavy (non-hydrogen) atoms. The lowest BCUT2D eigenvalue weighted by molar-refractivity contribution is -0.0673. The van der Waals surface area contributed by atoms with E-state index in [2.05, 4.69) is 36.6 Å². The zero-order valence-corrected chi connectivity index (χ0v) is 12.1. The standard InChI is InChI=1S/C16H26N2O/c1-13-7-6-8-14(11-13)12-15(18-17)16(19-2)9-4-3-5-10-16/h6-8,11,15,18H,3-5,9-10,12,17H2,1-2H3. The zero-order chi connectivity index (χ0) is 13.7. The summed E-state index contributed by atoms with van der Waals surface area (Å²) >= 11 is 0. The van der Waals surface area contributed by atoms with Gasteiger partial charge in [0.1, 0.15) is 0 Å². The number of rotatable bonds is 5. The van der Waals surface area contributed by atoms with Crippen molar-refractivity contribution in [2.24, 2.45) is 5.84 Å². The normalized spacial score (nSPS) is 20.2. The van der Waals surface area contributed by atoms with Gasteiger partial charge in [-0.15, -0.1) is 0 Å². The molecule has 2 rings (SSSR count). The molecule has 0 aromatic heterocycles. The van der Waals surface area contributed by atoms with Crippen LogP contribution in [-0.2, 0) is 11.2 Å². The number of methoxy groups -OCH3 is 1. The fraction of sp³-hybridized carbons (Fsp3) is 0.625.